The molecule has 2 amide bonds. The third-order valence-corrected chi connectivity index (χ3v) is 7.34. The summed E-state index contributed by atoms with van der Waals surface area (Å²) in [6, 6.07) is 6.89. The average Bonchev–Trinajstić information content (AvgIpc) is 2.85. The highest BCUT2D eigenvalue weighted by molar-refractivity contribution is 14.1. The molecule has 0 radical (unpaired) electrons. The smallest absolute Gasteiger partial charge is 0.247 e. The number of ether oxygens (including phenoxy) is 2. The van der Waals surface area contributed by atoms with Crippen molar-refractivity contribution in [2.45, 2.75) is 69.2 Å². The van der Waals surface area contributed by atoms with Gasteiger partial charge >= 0.3 is 0 Å². The van der Waals surface area contributed by atoms with Gasteiger partial charge in [0.05, 0.1) is 29.2 Å². The Morgan fingerprint density at radius 2 is 1.94 bits per heavy atom. The van der Waals surface area contributed by atoms with Gasteiger partial charge < -0.3 is 29.9 Å². The predicted octanol–water partition coefficient (Wildman–Crippen LogP) is 2.40. The zero-order valence-corrected chi connectivity index (χ0v) is 21.8. The van der Waals surface area contributed by atoms with E-state index in [0.29, 0.717) is 17.9 Å². The maximum absolute atomic E-state index is 13.4. The van der Waals surface area contributed by atoms with Crippen LogP contribution in [0.4, 0.5) is 0 Å². The summed E-state index contributed by atoms with van der Waals surface area (Å²) < 4.78 is 12.2. The predicted molar refractivity (Wildman–Crippen MR) is 136 cm³/mol. The Labute approximate surface area is 214 Å². The highest BCUT2D eigenvalue weighted by Gasteiger charge is 2.43. The number of amides is 2. The number of nitrogens with zero attached hydrogens (tertiary/aromatic N) is 1. The number of nitrogens with one attached hydrogen (secondary N) is 1. The van der Waals surface area contributed by atoms with Gasteiger partial charge in [0.15, 0.2) is 0 Å². The van der Waals surface area contributed by atoms with Gasteiger partial charge in [-0.1, -0.05) is 31.4 Å². The molecule has 0 unspecified atom stereocenters. The van der Waals surface area contributed by atoms with E-state index in [2.05, 4.69) is 27.9 Å². The molecule has 0 saturated heterocycles. The van der Waals surface area contributed by atoms with E-state index in [1.807, 2.05) is 29.2 Å². The molecule has 1 saturated carbocycles. The Bertz CT molecular complexity index is 858. The zero-order chi connectivity index (χ0) is 24.5. The summed E-state index contributed by atoms with van der Waals surface area (Å²) >= 11 is 2.17. The number of hydrogen-bond donors (Lipinski definition) is 3. The van der Waals surface area contributed by atoms with E-state index in [1.165, 1.54) is 0 Å². The first kappa shape index (κ1) is 26.9. The summed E-state index contributed by atoms with van der Waals surface area (Å²) in [6.45, 7) is 0.258. The molecule has 2 aliphatic rings. The second-order valence-corrected chi connectivity index (χ2v) is 9.94. The van der Waals surface area contributed by atoms with Gasteiger partial charge in [0.2, 0.25) is 11.8 Å². The Kier molecular flexibility index (Phi) is 10.6. The molecular weight excluding hydrogens is 551 g/mol. The van der Waals surface area contributed by atoms with Crippen LogP contribution in [0.15, 0.2) is 35.9 Å². The molecule has 0 aliphatic heterocycles. The van der Waals surface area contributed by atoms with E-state index in [0.717, 1.165) is 35.7 Å². The van der Waals surface area contributed by atoms with Crippen LogP contribution in [-0.4, -0.2) is 78.1 Å². The van der Waals surface area contributed by atoms with Crippen molar-refractivity contribution in [3.63, 3.8) is 0 Å². The molecule has 0 heterocycles. The number of benzene rings is 1. The largest absolute Gasteiger partial charge is 0.482 e. The molecule has 8 nitrogen and oxygen atoms in total. The van der Waals surface area contributed by atoms with E-state index in [4.69, 9.17) is 14.6 Å². The number of hydrogen-bond acceptors (Lipinski definition) is 6. The third-order valence-electron chi connectivity index (χ3n) is 6.45. The molecule has 188 valence electrons. The molecule has 3 atom stereocenters. The van der Waals surface area contributed by atoms with E-state index < -0.39 is 18.2 Å². The summed E-state index contributed by atoms with van der Waals surface area (Å²) in [6.07, 6.45) is 5.23. The molecule has 3 rings (SSSR count). The monoisotopic (exact) mass is 586 g/mol. The van der Waals surface area contributed by atoms with Crippen LogP contribution in [0.2, 0.25) is 0 Å². The van der Waals surface area contributed by atoms with Crippen molar-refractivity contribution in [1.29, 1.82) is 0 Å². The van der Waals surface area contributed by atoms with Gasteiger partial charge in [0.25, 0.3) is 0 Å². The molecule has 0 bridgehead atoms. The van der Waals surface area contributed by atoms with E-state index in [1.54, 1.807) is 13.2 Å². The van der Waals surface area contributed by atoms with Crippen LogP contribution in [-0.2, 0) is 14.3 Å². The SMILES string of the molecule is COCCC(=O)N(C1CCCCC1)[C@@H]1CC(C(=O)NCCO)=C[C@H](Oc2ccccc2I)[C@H]1O. The molecule has 34 heavy (non-hydrogen) atoms. The molecule has 3 N–H and O–H groups in total. The Hall–Kier alpha value is -1.69. The number of para-hydroxylation sites is 1. The lowest BCUT2D eigenvalue weighted by atomic mass is 9.85. The van der Waals surface area contributed by atoms with Gasteiger partial charge in [-0.3, -0.25) is 9.59 Å². The normalized spacial score (nSPS) is 23.2. The van der Waals surface area contributed by atoms with Crippen LogP contribution in [0.3, 0.4) is 0 Å². The molecule has 1 aromatic carbocycles. The summed E-state index contributed by atoms with van der Waals surface area (Å²) in [4.78, 5) is 28.0. The Balaban J connectivity index is 1.94. The van der Waals surface area contributed by atoms with Crippen LogP contribution in [0.5, 0.6) is 5.75 Å². The first-order chi connectivity index (χ1) is 16.5. The topological polar surface area (TPSA) is 108 Å². The number of halogens is 1. The van der Waals surface area contributed by atoms with Crippen molar-refractivity contribution in [3.8, 4) is 5.75 Å². The van der Waals surface area contributed by atoms with Crippen LogP contribution in [0.25, 0.3) is 0 Å². The van der Waals surface area contributed by atoms with Crippen LogP contribution >= 0.6 is 22.6 Å². The van der Waals surface area contributed by atoms with Crippen LogP contribution in [0, 0.1) is 3.57 Å². The van der Waals surface area contributed by atoms with Gasteiger partial charge in [0, 0.05) is 31.7 Å². The summed E-state index contributed by atoms with van der Waals surface area (Å²) in [5, 5.41) is 23.3. The summed E-state index contributed by atoms with van der Waals surface area (Å²) in [5.41, 5.74) is 0.444. The number of rotatable bonds is 10. The highest BCUT2D eigenvalue weighted by Crippen LogP contribution is 2.33. The van der Waals surface area contributed by atoms with E-state index >= 15 is 0 Å². The minimum Gasteiger partial charge on any atom is -0.482 e. The van der Waals surface area contributed by atoms with Gasteiger partial charge in [-0.25, -0.2) is 0 Å². The van der Waals surface area contributed by atoms with Crippen LogP contribution in [0.1, 0.15) is 44.9 Å². The fourth-order valence-electron chi connectivity index (χ4n) is 4.77. The third kappa shape index (κ3) is 6.93. The van der Waals surface area contributed by atoms with Gasteiger partial charge in [-0.05, 0) is 53.6 Å². The fourth-order valence-corrected chi connectivity index (χ4v) is 5.29. The van der Waals surface area contributed by atoms with Crippen molar-refractivity contribution < 1.29 is 29.3 Å². The van der Waals surface area contributed by atoms with Gasteiger partial charge in [0.1, 0.15) is 18.0 Å². The molecule has 9 heteroatoms. The van der Waals surface area contributed by atoms with Crippen molar-refractivity contribution in [3.05, 3.63) is 39.5 Å². The minimum atomic E-state index is -1.00. The maximum Gasteiger partial charge on any atom is 0.247 e. The second kappa shape index (κ2) is 13.4. The number of aliphatic hydroxyl groups is 2. The number of aliphatic hydroxyl groups excluding tert-OH is 2. The maximum atomic E-state index is 13.4. The molecule has 1 fully saturated rings. The van der Waals surface area contributed by atoms with Gasteiger partial charge in [-0.15, -0.1) is 0 Å². The minimum absolute atomic E-state index is 0.00937. The highest BCUT2D eigenvalue weighted by atomic mass is 127. The summed E-state index contributed by atoms with van der Waals surface area (Å²) in [7, 11) is 1.56. The van der Waals surface area contributed by atoms with E-state index in [9.17, 15) is 14.7 Å². The fraction of sp³-hybridized carbons (Fsp3) is 0.600. The van der Waals surface area contributed by atoms with Gasteiger partial charge in [-0.2, -0.15) is 0 Å². The van der Waals surface area contributed by atoms with Crippen molar-refractivity contribution in [2.24, 2.45) is 0 Å². The molecule has 0 aromatic heterocycles. The zero-order valence-electron chi connectivity index (χ0n) is 19.6. The standard InChI is InChI=1S/C25H35IN2O6/c1-33-14-11-23(30)28(18-7-3-2-4-8-18)20-15-17(25(32)27-12-13-29)16-22(24(20)31)34-21-10-6-5-9-19(21)26/h5-6,9-10,16,18,20,22,24,29,31H,2-4,7-8,11-15H2,1H3,(H,27,32)/t20-,22+,24+/m1/s1. The molecule has 1 aromatic rings. The van der Waals surface area contributed by atoms with Crippen LogP contribution < -0.4 is 10.1 Å². The molecule has 0 spiro atoms. The molecular formula is C25H35IN2O6. The number of methoxy groups -OCH3 is 1. The second-order valence-electron chi connectivity index (χ2n) is 8.78. The lowest BCUT2D eigenvalue weighted by Gasteiger charge is -2.45. The average molecular weight is 586 g/mol. The first-order valence-electron chi connectivity index (χ1n) is 11.9. The first-order valence-corrected chi connectivity index (χ1v) is 13.0. The van der Waals surface area contributed by atoms with Crippen molar-refractivity contribution in [1.82, 2.24) is 10.2 Å². The number of carbonyl (C=O) groups excluding carboxylic acids is 2. The van der Waals surface area contributed by atoms with Crippen molar-refractivity contribution in [2.75, 3.05) is 26.9 Å². The molecule has 2 aliphatic carbocycles. The Morgan fingerprint density at radius 3 is 2.62 bits per heavy atom. The van der Waals surface area contributed by atoms with Crippen molar-refractivity contribution >= 4 is 34.4 Å². The lowest BCUT2D eigenvalue weighted by molar-refractivity contribution is -0.144. The summed E-state index contributed by atoms with van der Waals surface area (Å²) in [5.74, 6) is 0.201. The van der Waals surface area contributed by atoms with E-state index in [-0.39, 0.29) is 43.8 Å². The number of carbonyl (C=O) groups is 2. The Morgan fingerprint density at radius 1 is 1.21 bits per heavy atom. The lowest BCUT2D eigenvalue weighted by Crippen LogP contribution is -2.58. The quantitative estimate of drug-likeness (QED) is 0.364.